The van der Waals surface area contributed by atoms with Gasteiger partial charge in [-0.15, -0.1) is 0 Å². The number of hydrogen-bond donors (Lipinski definition) is 1. The van der Waals surface area contributed by atoms with E-state index in [2.05, 4.69) is 4.98 Å². The van der Waals surface area contributed by atoms with E-state index in [0.29, 0.717) is 24.0 Å². The number of pyridine rings is 1. The average Bonchev–Trinajstić information content (AvgIpc) is 3.02. The zero-order chi connectivity index (χ0) is 17.6. The van der Waals surface area contributed by atoms with Crippen LogP contribution in [0.1, 0.15) is 23.7 Å². The number of amides is 1. The molecule has 1 N–H and O–H groups in total. The lowest BCUT2D eigenvalue weighted by molar-refractivity contribution is -0.142. The number of carbonyl (C=O) groups excluding carboxylic acids is 1. The van der Waals surface area contributed by atoms with Gasteiger partial charge in [-0.2, -0.15) is 0 Å². The Morgan fingerprint density at radius 3 is 2.68 bits per heavy atom. The van der Waals surface area contributed by atoms with Crippen molar-refractivity contribution >= 4 is 33.6 Å². The van der Waals surface area contributed by atoms with Gasteiger partial charge in [0, 0.05) is 24.2 Å². The Balaban J connectivity index is 1.86. The highest BCUT2D eigenvalue weighted by molar-refractivity contribution is 6.15. The first-order valence-corrected chi connectivity index (χ1v) is 8.38. The minimum atomic E-state index is -0.843. The fourth-order valence-corrected chi connectivity index (χ4v) is 3.80. The number of aromatic nitrogens is 1. The van der Waals surface area contributed by atoms with Gasteiger partial charge < -0.3 is 10.0 Å². The number of carboxylic acids is 1. The van der Waals surface area contributed by atoms with Crippen LogP contribution >= 0.6 is 0 Å². The van der Waals surface area contributed by atoms with Crippen LogP contribution in [0.2, 0.25) is 0 Å². The molecule has 0 aliphatic carbocycles. The van der Waals surface area contributed by atoms with Crippen LogP contribution in [0.5, 0.6) is 0 Å². The number of carbonyl (C=O) groups is 2. The zero-order valence-electron chi connectivity index (χ0n) is 13.8. The fourth-order valence-electron chi connectivity index (χ4n) is 3.80. The molecule has 1 amide bonds. The van der Waals surface area contributed by atoms with Gasteiger partial charge in [0.05, 0.1) is 17.0 Å². The number of benzene rings is 2. The molecule has 3 aromatic rings. The topological polar surface area (TPSA) is 70.5 Å². The van der Waals surface area contributed by atoms with Crippen LogP contribution < -0.4 is 0 Å². The second-order valence-corrected chi connectivity index (χ2v) is 6.52. The molecule has 2 atom stereocenters. The summed E-state index contributed by atoms with van der Waals surface area (Å²) in [6.45, 7) is 2.26. The Hall–Kier alpha value is -2.95. The molecule has 2 unspecified atom stereocenters. The Bertz CT molecular complexity index is 999. The lowest BCUT2D eigenvalue weighted by atomic mass is 9.99. The highest BCUT2D eigenvalue weighted by Crippen LogP contribution is 2.31. The molecular weight excluding hydrogens is 316 g/mol. The van der Waals surface area contributed by atoms with E-state index < -0.39 is 11.9 Å². The van der Waals surface area contributed by atoms with Gasteiger partial charge in [-0.1, -0.05) is 30.3 Å². The Morgan fingerprint density at radius 1 is 1.16 bits per heavy atom. The van der Waals surface area contributed by atoms with Crippen molar-refractivity contribution in [3.05, 3.63) is 54.2 Å². The molecule has 5 nitrogen and oxygen atoms in total. The third kappa shape index (κ3) is 2.43. The van der Waals surface area contributed by atoms with Gasteiger partial charge in [0.2, 0.25) is 0 Å². The van der Waals surface area contributed by atoms with Crippen molar-refractivity contribution in [2.24, 2.45) is 5.92 Å². The van der Waals surface area contributed by atoms with Gasteiger partial charge in [-0.3, -0.25) is 14.6 Å². The molecule has 2 heterocycles. The van der Waals surface area contributed by atoms with E-state index in [1.54, 1.807) is 18.0 Å². The number of aliphatic carboxylic acids is 1. The molecule has 0 radical (unpaired) electrons. The summed E-state index contributed by atoms with van der Waals surface area (Å²) < 4.78 is 0. The van der Waals surface area contributed by atoms with Crippen LogP contribution in [0, 0.1) is 5.92 Å². The normalized spacial score (nSPS) is 20.3. The minimum Gasteiger partial charge on any atom is -0.481 e. The first kappa shape index (κ1) is 15.6. The summed E-state index contributed by atoms with van der Waals surface area (Å²) in [4.78, 5) is 30.6. The minimum absolute atomic E-state index is 0.147. The molecule has 1 aliphatic heterocycles. The molecule has 0 bridgehead atoms. The molecule has 0 saturated carbocycles. The van der Waals surface area contributed by atoms with E-state index in [4.69, 9.17) is 0 Å². The Kier molecular flexibility index (Phi) is 3.64. The van der Waals surface area contributed by atoms with E-state index >= 15 is 0 Å². The monoisotopic (exact) mass is 334 g/mol. The first-order chi connectivity index (χ1) is 12.1. The summed E-state index contributed by atoms with van der Waals surface area (Å²) in [5.74, 6) is -1.50. The van der Waals surface area contributed by atoms with E-state index in [-0.39, 0.29) is 11.9 Å². The second-order valence-electron chi connectivity index (χ2n) is 6.52. The molecule has 25 heavy (non-hydrogen) atoms. The van der Waals surface area contributed by atoms with Gasteiger partial charge in [0.1, 0.15) is 0 Å². The van der Waals surface area contributed by atoms with Crippen molar-refractivity contribution in [3.8, 4) is 0 Å². The predicted octanol–water partition coefficient (Wildman–Crippen LogP) is 3.32. The van der Waals surface area contributed by atoms with Crippen molar-refractivity contribution in [1.82, 2.24) is 9.88 Å². The number of nitrogens with zero attached hydrogens (tertiary/aromatic N) is 2. The number of fused-ring (bicyclic) bond motifs is 3. The van der Waals surface area contributed by atoms with E-state index in [0.717, 1.165) is 16.2 Å². The predicted molar refractivity (Wildman–Crippen MR) is 95.5 cm³/mol. The van der Waals surface area contributed by atoms with E-state index in [9.17, 15) is 14.7 Å². The Labute approximate surface area is 144 Å². The molecule has 5 heteroatoms. The summed E-state index contributed by atoms with van der Waals surface area (Å²) in [6, 6.07) is 13.3. The summed E-state index contributed by atoms with van der Waals surface area (Å²) in [5.41, 5.74) is 1.20. The molecule has 1 fully saturated rings. The first-order valence-electron chi connectivity index (χ1n) is 8.38. The molecule has 0 spiro atoms. The molecule has 2 aromatic carbocycles. The standard InChI is InChI=1S/C20H18N2O3/c1-12-14(20(24)25)8-10-22(12)19(23)17-11-13-5-2-3-6-15(13)16-7-4-9-21-18(16)17/h2-7,9,11-12,14H,8,10H2,1H3,(H,24,25). The van der Waals surface area contributed by atoms with Crippen LogP contribution in [-0.2, 0) is 4.79 Å². The van der Waals surface area contributed by atoms with Crippen molar-refractivity contribution in [2.45, 2.75) is 19.4 Å². The summed E-state index contributed by atoms with van der Waals surface area (Å²) in [7, 11) is 0. The van der Waals surface area contributed by atoms with Gasteiger partial charge in [-0.25, -0.2) is 0 Å². The smallest absolute Gasteiger partial charge is 0.308 e. The van der Waals surface area contributed by atoms with E-state index in [1.165, 1.54) is 0 Å². The molecule has 1 aliphatic rings. The number of rotatable bonds is 2. The van der Waals surface area contributed by atoms with Crippen LogP contribution in [0.15, 0.2) is 48.7 Å². The van der Waals surface area contributed by atoms with Crippen molar-refractivity contribution in [3.63, 3.8) is 0 Å². The van der Waals surface area contributed by atoms with Crippen LogP contribution in [0.3, 0.4) is 0 Å². The largest absolute Gasteiger partial charge is 0.481 e. The average molecular weight is 334 g/mol. The number of carboxylic acid groups (broad SMARTS) is 1. The number of hydrogen-bond acceptors (Lipinski definition) is 3. The lowest BCUT2D eigenvalue weighted by Crippen LogP contribution is -2.37. The van der Waals surface area contributed by atoms with Gasteiger partial charge in [0.15, 0.2) is 0 Å². The Morgan fingerprint density at radius 2 is 1.92 bits per heavy atom. The SMILES string of the molecule is CC1C(C(=O)O)CCN1C(=O)c1cc2ccccc2c2cccnc12. The summed E-state index contributed by atoms with van der Waals surface area (Å²) in [6.07, 6.45) is 2.17. The van der Waals surface area contributed by atoms with Gasteiger partial charge in [-0.05, 0) is 36.2 Å². The fraction of sp³-hybridized carbons (Fsp3) is 0.250. The molecule has 4 rings (SSSR count). The van der Waals surface area contributed by atoms with Crippen molar-refractivity contribution < 1.29 is 14.7 Å². The molecule has 126 valence electrons. The maximum absolute atomic E-state index is 13.2. The molecule has 1 aromatic heterocycles. The van der Waals surface area contributed by atoms with Crippen molar-refractivity contribution in [2.75, 3.05) is 6.54 Å². The number of likely N-dealkylation sites (tertiary alicyclic amines) is 1. The lowest BCUT2D eigenvalue weighted by Gasteiger charge is -2.24. The molecule has 1 saturated heterocycles. The van der Waals surface area contributed by atoms with E-state index in [1.807, 2.05) is 42.5 Å². The van der Waals surface area contributed by atoms with Gasteiger partial charge in [0.25, 0.3) is 5.91 Å². The van der Waals surface area contributed by atoms with Crippen LogP contribution in [0.25, 0.3) is 21.7 Å². The summed E-state index contributed by atoms with van der Waals surface area (Å²) >= 11 is 0. The van der Waals surface area contributed by atoms with Crippen molar-refractivity contribution in [1.29, 1.82) is 0 Å². The highest BCUT2D eigenvalue weighted by Gasteiger charge is 2.38. The maximum Gasteiger partial charge on any atom is 0.308 e. The van der Waals surface area contributed by atoms with Crippen LogP contribution in [0.4, 0.5) is 0 Å². The summed E-state index contributed by atoms with van der Waals surface area (Å²) in [5, 5.41) is 12.3. The molecular formula is C20H18N2O3. The third-order valence-electron chi connectivity index (χ3n) is 5.18. The maximum atomic E-state index is 13.2. The zero-order valence-corrected chi connectivity index (χ0v) is 13.8. The second kappa shape index (κ2) is 5.84. The van der Waals surface area contributed by atoms with Crippen LogP contribution in [-0.4, -0.2) is 39.5 Å². The van der Waals surface area contributed by atoms with Gasteiger partial charge >= 0.3 is 5.97 Å². The third-order valence-corrected chi connectivity index (χ3v) is 5.18. The highest BCUT2D eigenvalue weighted by atomic mass is 16.4. The quantitative estimate of drug-likeness (QED) is 0.730.